The van der Waals surface area contributed by atoms with Gasteiger partial charge in [-0.3, -0.25) is 4.79 Å². The van der Waals surface area contributed by atoms with Crippen LogP contribution in [-0.2, 0) is 10.2 Å². The van der Waals surface area contributed by atoms with Gasteiger partial charge in [-0.1, -0.05) is 37.1 Å². The van der Waals surface area contributed by atoms with Crippen LogP contribution in [0, 0.1) is 0 Å². The van der Waals surface area contributed by atoms with Crippen LogP contribution in [0.1, 0.15) is 31.2 Å². The summed E-state index contributed by atoms with van der Waals surface area (Å²) in [5.74, 6) is 0.288. The second kappa shape index (κ2) is 3.73. The molecule has 0 radical (unpaired) electrons. The summed E-state index contributed by atoms with van der Waals surface area (Å²) in [6.07, 6.45) is 6.17. The smallest absolute Gasteiger partial charge is 0.238 e. The molecule has 2 nitrogen and oxygen atoms in total. The molecule has 0 bridgehead atoms. The molecule has 0 unspecified atom stereocenters. The minimum atomic E-state index is -0.209. The van der Waals surface area contributed by atoms with Crippen LogP contribution in [0.2, 0.25) is 0 Å². The Morgan fingerprint density at radius 2 is 2.00 bits per heavy atom. The summed E-state index contributed by atoms with van der Waals surface area (Å²) in [5, 5.41) is 0. The second-order valence-electron chi connectivity index (χ2n) is 5.01. The number of benzene rings is 1. The van der Waals surface area contributed by atoms with Crippen LogP contribution in [0.3, 0.4) is 0 Å². The van der Waals surface area contributed by atoms with Gasteiger partial charge in [0.25, 0.3) is 0 Å². The second-order valence-corrected chi connectivity index (χ2v) is 5.01. The summed E-state index contributed by atoms with van der Waals surface area (Å²) < 4.78 is 0. The fraction of sp³-hybridized carbons (Fsp3) is 0.400. The van der Waals surface area contributed by atoms with Crippen LogP contribution in [0.4, 0.5) is 5.69 Å². The first kappa shape index (κ1) is 10.6. The highest BCUT2D eigenvalue weighted by Crippen LogP contribution is 2.50. The van der Waals surface area contributed by atoms with Gasteiger partial charge in [-0.25, -0.2) is 0 Å². The number of para-hydroxylation sites is 1. The molecule has 1 aliphatic heterocycles. The van der Waals surface area contributed by atoms with Crippen LogP contribution >= 0.6 is 0 Å². The van der Waals surface area contributed by atoms with E-state index in [2.05, 4.69) is 18.7 Å². The summed E-state index contributed by atoms with van der Waals surface area (Å²) >= 11 is 0. The van der Waals surface area contributed by atoms with Crippen molar-refractivity contribution >= 4 is 11.6 Å². The maximum Gasteiger partial charge on any atom is 0.238 e. The lowest BCUT2D eigenvalue weighted by Crippen LogP contribution is -2.38. The number of fused-ring (bicyclic) bond motifs is 2. The van der Waals surface area contributed by atoms with Gasteiger partial charge < -0.3 is 4.90 Å². The van der Waals surface area contributed by atoms with Crippen molar-refractivity contribution in [2.75, 3.05) is 11.4 Å². The molecule has 2 heteroatoms. The maximum atomic E-state index is 12.7. The van der Waals surface area contributed by atoms with Gasteiger partial charge in [-0.2, -0.15) is 0 Å². The number of nitrogens with zero attached hydrogens (tertiary/aromatic N) is 1. The topological polar surface area (TPSA) is 20.3 Å². The van der Waals surface area contributed by atoms with E-state index in [9.17, 15) is 4.79 Å². The van der Waals surface area contributed by atoms with E-state index in [1.54, 1.807) is 0 Å². The molecule has 1 aromatic rings. The van der Waals surface area contributed by atoms with Crippen LogP contribution in [0.5, 0.6) is 0 Å². The Balaban J connectivity index is 2.14. The lowest BCUT2D eigenvalue weighted by Gasteiger charge is -2.22. The summed E-state index contributed by atoms with van der Waals surface area (Å²) in [6.45, 7) is 4.38. The van der Waals surface area contributed by atoms with E-state index in [-0.39, 0.29) is 11.3 Å². The number of carbonyl (C=O) groups excluding carboxylic acids is 1. The van der Waals surface area contributed by atoms with E-state index in [4.69, 9.17) is 0 Å². The Kier molecular flexibility index (Phi) is 2.32. The molecular formula is C15H17NO. The Bertz CT molecular complexity index is 472. The van der Waals surface area contributed by atoms with Gasteiger partial charge in [0.2, 0.25) is 5.91 Å². The minimum Gasteiger partial charge on any atom is -0.308 e. The standard InChI is InChI=1S/C15H17NO/c1-2-11-16-13-8-4-3-7-12(13)15(14(16)17)9-5-6-10-15/h2-4,7-8H,1,5-6,9-11H2. The van der Waals surface area contributed by atoms with Crippen LogP contribution in [-0.4, -0.2) is 12.5 Å². The SMILES string of the molecule is C=CCN1C(=O)C2(CCCC2)c2ccccc21. The normalized spacial score (nSPS) is 20.9. The number of hydrogen-bond acceptors (Lipinski definition) is 1. The van der Waals surface area contributed by atoms with Gasteiger partial charge in [-0.05, 0) is 24.5 Å². The number of anilines is 1. The van der Waals surface area contributed by atoms with Gasteiger partial charge in [0.1, 0.15) is 0 Å². The molecule has 1 fully saturated rings. The predicted molar refractivity (Wildman–Crippen MR) is 69.1 cm³/mol. The van der Waals surface area contributed by atoms with E-state index in [0.29, 0.717) is 6.54 Å². The predicted octanol–water partition coefficient (Wildman–Crippen LogP) is 3.03. The summed E-state index contributed by atoms with van der Waals surface area (Å²) in [6, 6.07) is 8.24. The van der Waals surface area contributed by atoms with Gasteiger partial charge in [0.15, 0.2) is 0 Å². The zero-order valence-electron chi connectivity index (χ0n) is 9.98. The van der Waals surface area contributed by atoms with E-state index >= 15 is 0 Å². The average molecular weight is 227 g/mol. The third kappa shape index (κ3) is 1.30. The fourth-order valence-corrected chi connectivity index (χ4v) is 3.37. The molecule has 88 valence electrons. The van der Waals surface area contributed by atoms with Gasteiger partial charge in [0.05, 0.1) is 5.41 Å². The van der Waals surface area contributed by atoms with Crippen molar-refractivity contribution in [2.45, 2.75) is 31.1 Å². The summed E-state index contributed by atoms with van der Waals surface area (Å²) in [7, 11) is 0. The van der Waals surface area contributed by atoms with Crippen molar-refractivity contribution in [3.63, 3.8) is 0 Å². The minimum absolute atomic E-state index is 0.209. The molecule has 0 saturated heterocycles. The van der Waals surface area contributed by atoms with Crippen LogP contribution in [0.15, 0.2) is 36.9 Å². The number of hydrogen-bond donors (Lipinski definition) is 0. The molecule has 0 aromatic heterocycles. The fourth-order valence-electron chi connectivity index (χ4n) is 3.37. The zero-order valence-corrected chi connectivity index (χ0v) is 9.98. The molecule has 1 spiro atoms. The van der Waals surface area contributed by atoms with Crippen LogP contribution in [0.25, 0.3) is 0 Å². The molecule has 1 aliphatic carbocycles. The zero-order chi connectivity index (χ0) is 11.9. The lowest BCUT2D eigenvalue weighted by molar-refractivity contribution is -0.122. The number of rotatable bonds is 2. The largest absolute Gasteiger partial charge is 0.308 e. The molecular weight excluding hydrogens is 210 g/mol. The molecule has 1 saturated carbocycles. The third-order valence-electron chi connectivity index (χ3n) is 4.13. The Morgan fingerprint density at radius 3 is 2.71 bits per heavy atom. The van der Waals surface area contributed by atoms with E-state index in [0.717, 1.165) is 18.5 Å². The van der Waals surface area contributed by atoms with E-state index in [1.807, 2.05) is 23.1 Å². The quantitative estimate of drug-likeness (QED) is 0.711. The highest BCUT2D eigenvalue weighted by Gasteiger charge is 2.51. The van der Waals surface area contributed by atoms with Crippen LogP contribution < -0.4 is 4.90 Å². The molecule has 1 aromatic carbocycles. The Labute approximate surface area is 102 Å². The van der Waals surface area contributed by atoms with Crippen molar-refractivity contribution in [1.82, 2.24) is 0 Å². The lowest BCUT2D eigenvalue weighted by atomic mass is 9.80. The van der Waals surface area contributed by atoms with Crippen molar-refractivity contribution in [2.24, 2.45) is 0 Å². The van der Waals surface area contributed by atoms with Gasteiger partial charge in [-0.15, -0.1) is 6.58 Å². The maximum absolute atomic E-state index is 12.7. The van der Waals surface area contributed by atoms with E-state index < -0.39 is 0 Å². The van der Waals surface area contributed by atoms with E-state index in [1.165, 1.54) is 18.4 Å². The first-order valence-corrected chi connectivity index (χ1v) is 6.32. The molecule has 0 N–H and O–H groups in total. The first-order chi connectivity index (χ1) is 8.29. The van der Waals surface area contributed by atoms with Gasteiger partial charge in [0, 0.05) is 12.2 Å². The molecule has 1 heterocycles. The van der Waals surface area contributed by atoms with Gasteiger partial charge >= 0.3 is 0 Å². The monoisotopic (exact) mass is 227 g/mol. The highest BCUT2D eigenvalue weighted by atomic mass is 16.2. The molecule has 1 amide bonds. The molecule has 2 aliphatic rings. The first-order valence-electron chi connectivity index (χ1n) is 6.32. The third-order valence-corrected chi connectivity index (χ3v) is 4.13. The summed E-state index contributed by atoms with van der Waals surface area (Å²) in [4.78, 5) is 14.6. The average Bonchev–Trinajstić information content (AvgIpc) is 2.92. The number of carbonyl (C=O) groups is 1. The van der Waals surface area contributed by atoms with Crippen molar-refractivity contribution in [3.8, 4) is 0 Å². The Hall–Kier alpha value is -1.57. The highest BCUT2D eigenvalue weighted by molar-refractivity contribution is 6.08. The Morgan fingerprint density at radius 1 is 1.29 bits per heavy atom. The van der Waals surface area contributed by atoms with Crippen molar-refractivity contribution in [1.29, 1.82) is 0 Å². The molecule has 3 rings (SSSR count). The summed E-state index contributed by atoms with van der Waals surface area (Å²) in [5.41, 5.74) is 2.13. The molecule has 0 atom stereocenters. The number of amides is 1. The van der Waals surface area contributed by atoms with Crippen molar-refractivity contribution in [3.05, 3.63) is 42.5 Å². The van der Waals surface area contributed by atoms with Crippen molar-refractivity contribution < 1.29 is 4.79 Å². The molecule has 17 heavy (non-hydrogen) atoms.